The van der Waals surface area contributed by atoms with Crippen molar-refractivity contribution in [2.75, 3.05) is 7.11 Å². The summed E-state index contributed by atoms with van der Waals surface area (Å²) >= 11 is 0. The van der Waals surface area contributed by atoms with Crippen molar-refractivity contribution in [3.05, 3.63) is 119 Å². The van der Waals surface area contributed by atoms with Crippen LogP contribution in [0.4, 0.5) is 0 Å². The van der Waals surface area contributed by atoms with Crippen molar-refractivity contribution in [2.45, 2.75) is 27.1 Å². The van der Waals surface area contributed by atoms with Gasteiger partial charge in [0, 0.05) is 23.5 Å². The number of aromatic nitrogens is 2. The van der Waals surface area contributed by atoms with Crippen LogP contribution in [-0.2, 0) is 18.0 Å². The molecule has 4 aromatic rings. The number of carbonyl (C=O) groups is 2. The van der Waals surface area contributed by atoms with Crippen LogP contribution in [0.25, 0.3) is 0 Å². The van der Waals surface area contributed by atoms with E-state index in [1.807, 2.05) is 56.3 Å². The molecule has 0 unspecified atom stereocenters. The van der Waals surface area contributed by atoms with Crippen molar-refractivity contribution in [1.29, 1.82) is 0 Å². The highest BCUT2D eigenvalue weighted by molar-refractivity contribution is 5.89. The van der Waals surface area contributed by atoms with Crippen molar-refractivity contribution < 1.29 is 28.9 Å². The van der Waals surface area contributed by atoms with Gasteiger partial charge in [0.05, 0.1) is 18.2 Å². The Balaban J connectivity index is 0.000000206. The molecule has 0 radical (unpaired) electrons. The van der Waals surface area contributed by atoms with Crippen LogP contribution in [-0.4, -0.2) is 34.1 Å². The Bertz CT molecular complexity index is 1320. The summed E-state index contributed by atoms with van der Waals surface area (Å²) in [6, 6.07) is 24.9. The zero-order chi connectivity index (χ0) is 26.6. The Hall–Kier alpha value is -4.72. The topological polar surface area (TPSA) is 108 Å². The number of carboxylic acids is 1. The summed E-state index contributed by atoms with van der Waals surface area (Å²) < 4.78 is 15.7. The average Bonchev–Trinajstić information content (AvgIpc) is 2.91. The number of carbonyl (C=O) groups excluding carboxylic acids is 1. The molecule has 0 aliphatic heterocycles. The number of aryl methyl sites for hydroxylation is 2. The molecule has 0 spiro atoms. The van der Waals surface area contributed by atoms with Crippen LogP contribution >= 0.6 is 0 Å². The number of pyridine rings is 2. The van der Waals surface area contributed by atoms with Crippen molar-refractivity contribution in [3.8, 4) is 11.8 Å². The second-order valence-corrected chi connectivity index (χ2v) is 8.00. The third-order valence-electron chi connectivity index (χ3n) is 5.07. The second kappa shape index (κ2) is 13.4. The maximum Gasteiger partial charge on any atom is 0.337 e. The van der Waals surface area contributed by atoms with Gasteiger partial charge in [-0.3, -0.25) is 0 Å². The van der Waals surface area contributed by atoms with E-state index in [4.69, 9.17) is 14.6 Å². The van der Waals surface area contributed by atoms with E-state index >= 15 is 0 Å². The lowest BCUT2D eigenvalue weighted by Gasteiger charge is -2.06. The number of esters is 1. The lowest BCUT2D eigenvalue weighted by molar-refractivity contribution is 0.0599. The fraction of sp³-hybridized carbons (Fsp3) is 0.172. The molecule has 0 aliphatic carbocycles. The van der Waals surface area contributed by atoms with E-state index < -0.39 is 5.97 Å². The third-order valence-corrected chi connectivity index (χ3v) is 5.07. The van der Waals surface area contributed by atoms with Gasteiger partial charge in [0.1, 0.15) is 13.2 Å². The van der Waals surface area contributed by atoms with E-state index in [-0.39, 0.29) is 11.5 Å². The molecule has 8 heteroatoms. The summed E-state index contributed by atoms with van der Waals surface area (Å²) in [6.45, 7) is 4.60. The molecule has 2 aromatic heterocycles. The van der Waals surface area contributed by atoms with E-state index in [0.29, 0.717) is 30.5 Å². The van der Waals surface area contributed by atoms with Gasteiger partial charge >= 0.3 is 11.9 Å². The quantitative estimate of drug-likeness (QED) is 0.320. The van der Waals surface area contributed by atoms with Crippen LogP contribution in [0, 0.1) is 13.8 Å². The fourth-order valence-corrected chi connectivity index (χ4v) is 3.11. The molecular formula is C29H28N2O6. The van der Waals surface area contributed by atoms with Gasteiger partial charge in [-0.1, -0.05) is 36.4 Å². The largest absolute Gasteiger partial charge is 0.478 e. The van der Waals surface area contributed by atoms with Crippen molar-refractivity contribution >= 4 is 11.9 Å². The molecule has 37 heavy (non-hydrogen) atoms. The normalized spacial score (nSPS) is 10.0. The highest BCUT2D eigenvalue weighted by atomic mass is 16.5. The Kier molecular flexibility index (Phi) is 9.73. The van der Waals surface area contributed by atoms with Crippen LogP contribution < -0.4 is 9.47 Å². The van der Waals surface area contributed by atoms with Gasteiger partial charge in [-0.15, -0.1) is 0 Å². The number of aromatic carboxylic acids is 1. The van der Waals surface area contributed by atoms with Gasteiger partial charge in [0.15, 0.2) is 0 Å². The molecule has 0 aliphatic rings. The number of benzene rings is 2. The number of ether oxygens (including phenoxy) is 3. The number of carboxylic acid groups (broad SMARTS) is 1. The van der Waals surface area contributed by atoms with E-state index in [1.54, 1.807) is 42.5 Å². The van der Waals surface area contributed by atoms with Crippen LogP contribution in [0.1, 0.15) is 43.2 Å². The second-order valence-electron chi connectivity index (χ2n) is 8.00. The van der Waals surface area contributed by atoms with Crippen LogP contribution in [0.3, 0.4) is 0 Å². The highest BCUT2D eigenvalue weighted by Gasteiger charge is 2.05. The Labute approximate surface area is 215 Å². The minimum atomic E-state index is -0.928. The first-order valence-corrected chi connectivity index (χ1v) is 11.5. The van der Waals surface area contributed by atoms with Crippen molar-refractivity contribution in [2.24, 2.45) is 0 Å². The van der Waals surface area contributed by atoms with E-state index in [9.17, 15) is 9.59 Å². The molecule has 1 N–H and O–H groups in total. The minimum Gasteiger partial charge on any atom is -0.478 e. The molecule has 4 rings (SSSR count). The lowest BCUT2D eigenvalue weighted by Crippen LogP contribution is -2.02. The first-order chi connectivity index (χ1) is 17.8. The molecule has 0 saturated carbocycles. The molecule has 0 amide bonds. The van der Waals surface area contributed by atoms with E-state index in [0.717, 1.165) is 22.5 Å². The maximum atomic E-state index is 11.3. The summed E-state index contributed by atoms with van der Waals surface area (Å²) in [6.07, 6.45) is 0. The number of hydrogen-bond acceptors (Lipinski definition) is 7. The van der Waals surface area contributed by atoms with Gasteiger partial charge in [-0.25, -0.2) is 19.6 Å². The van der Waals surface area contributed by atoms with Crippen molar-refractivity contribution in [1.82, 2.24) is 9.97 Å². The molecule has 2 aromatic carbocycles. The third kappa shape index (κ3) is 8.78. The predicted molar refractivity (Wildman–Crippen MR) is 138 cm³/mol. The van der Waals surface area contributed by atoms with Crippen LogP contribution in [0.5, 0.6) is 11.8 Å². The van der Waals surface area contributed by atoms with E-state index in [1.165, 1.54) is 7.11 Å². The first-order valence-electron chi connectivity index (χ1n) is 11.5. The SMILES string of the molecule is COC(=O)c1ccc(COc2cccc(C)n2)cc1.Cc1cccc(OCc2ccc(C(=O)O)cc2)n1. The molecule has 0 bridgehead atoms. The average molecular weight is 501 g/mol. The summed E-state index contributed by atoms with van der Waals surface area (Å²) in [4.78, 5) is 30.4. The van der Waals surface area contributed by atoms with Gasteiger partial charge < -0.3 is 19.3 Å². The Morgan fingerprint density at radius 2 is 1.11 bits per heavy atom. The van der Waals surface area contributed by atoms with Gasteiger partial charge in [0.25, 0.3) is 0 Å². The monoisotopic (exact) mass is 500 g/mol. The number of nitrogens with zero attached hydrogens (tertiary/aromatic N) is 2. The molecule has 8 nitrogen and oxygen atoms in total. The summed E-state index contributed by atoms with van der Waals surface area (Å²) in [7, 11) is 1.36. The van der Waals surface area contributed by atoms with Gasteiger partial charge in [-0.05, 0) is 61.4 Å². The zero-order valence-electron chi connectivity index (χ0n) is 20.9. The molecule has 0 saturated heterocycles. The standard InChI is InChI=1S/C15H15NO3.C14H13NO3/c1-11-4-3-5-14(16-11)19-10-12-6-8-13(9-7-12)15(17)18-2;1-10-3-2-4-13(15-10)18-9-11-5-7-12(8-6-11)14(16)17/h3-9H,10H2,1-2H3;2-8H,9H2,1H3,(H,16,17). The summed E-state index contributed by atoms with van der Waals surface area (Å²) in [5.41, 5.74) is 4.49. The Morgan fingerprint density at radius 1 is 0.676 bits per heavy atom. The fourth-order valence-electron chi connectivity index (χ4n) is 3.11. The summed E-state index contributed by atoms with van der Waals surface area (Å²) in [5.74, 6) is -0.106. The number of methoxy groups -OCH3 is 1. The maximum absolute atomic E-state index is 11.3. The van der Waals surface area contributed by atoms with Gasteiger partial charge in [0.2, 0.25) is 11.8 Å². The molecule has 190 valence electrons. The lowest BCUT2D eigenvalue weighted by atomic mass is 10.1. The predicted octanol–water partition coefficient (Wildman–Crippen LogP) is 5.42. The molecular weight excluding hydrogens is 472 g/mol. The van der Waals surface area contributed by atoms with E-state index in [2.05, 4.69) is 14.7 Å². The first kappa shape index (κ1) is 26.9. The smallest absolute Gasteiger partial charge is 0.337 e. The van der Waals surface area contributed by atoms with Gasteiger partial charge in [-0.2, -0.15) is 0 Å². The molecule has 2 heterocycles. The van der Waals surface area contributed by atoms with Crippen molar-refractivity contribution in [3.63, 3.8) is 0 Å². The molecule has 0 fully saturated rings. The van der Waals surface area contributed by atoms with Crippen LogP contribution in [0.15, 0.2) is 84.9 Å². The Morgan fingerprint density at radius 3 is 1.49 bits per heavy atom. The molecule has 0 atom stereocenters. The number of rotatable bonds is 8. The zero-order valence-corrected chi connectivity index (χ0v) is 20.9. The van der Waals surface area contributed by atoms with Crippen LogP contribution in [0.2, 0.25) is 0 Å². The number of hydrogen-bond donors (Lipinski definition) is 1. The summed E-state index contributed by atoms with van der Waals surface area (Å²) in [5, 5.41) is 8.77. The minimum absolute atomic E-state index is 0.271. The highest BCUT2D eigenvalue weighted by Crippen LogP contribution is 2.12.